The lowest BCUT2D eigenvalue weighted by Gasteiger charge is -2.05. The molecular formula is C13H14O4P2. The molecule has 1 atom stereocenters. The molecule has 1 unspecified atom stereocenters. The van der Waals surface area contributed by atoms with Crippen LogP contribution in [0.5, 0.6) is 5.75 Å². The average Bonchev–Trinajstić information content (AvgIpc) is 2.49. The molecule has 0 spiro atoms. The summed E-state index contributed by atoms with van der Waals surface area (Å²) in [7, 11) is -1.07. The van der Waals surface area contributed by atoms with Gasteiger partial charge in [-0.1, -0.05) is 36.4 Å². The molecular weight excluding hydrogens is 282 g/mol. The lowest BCUT2D eigenvalue weighted by Crippen LogP contribution is -1.98. The Labute approximate surface area is 114 Å². The van der Waals surface area contributed by atoms with E-state index in [-0.39, 0.29) is 8.69 Å². The van der Waals surface area contributed by atoms with E-state index in [1.54, 1.807) is 12.1 Å². The van der Waals surface area contributed by atoms with Crippen molar-refractivity contribution in [1.29, 1.82) is 0 Å². The van der Waals surface area contributed by atoms with Crippen LogP contribution in [0.3, 0.4) is 0 Å². The number of para-hydroxylation sites is 1. The largest absolute Gasteiger partial charge is 0.442 e. The van der Waals surface area contributed by atoms with Gasteiger partial charge in [-0.15, -0.1) is 0 Å². The first kappa shape index (κ1) is 15.6. The maximum atomic E-state index is 11.8. The molecule has 0 N–H and O–H groups in total. The van der Waals surface area contributed by atoms with Crippen LogP contribution in [0.15, 0.2) is 60.7 Å². The van der Waals surface area contributed by atoms with Crippen LogP contribution >= 0.6 is 16.7 Å². The molecule has 6 heteroatoms. The van der Waals surface area contributed by atoms with E-state index < -0.39 is 8.03 Å². The monoisotopic (exact) mass is 296 g/mol. The van der Waals surface area contributed by atoms with Crippen molar-refractivity contribution in [2.75, 3.05) is 7.11 Å². The Morgan fingerprint density at radius 2 is 1.42 bits per heavy atom. The maximum absolute atomic E-state index is 11.8. The van der Waals surface area contributed by atoms with Crippen molar-refractivity contribution in [2.45, 2.75) is 0 Å². The molecule has 0 saturated carbocycles. The van der Waals surface area contributed by atoms with Crippen LogP contribution in [-0.4, -0.2) is 7.11 Å². The fourth-order valence-corrected chi connectivity index (χ4v) is 2.16. The Kier molecular flexibility index (Phi) is 7.76. The molecule has 0 bridgehead atoms. The van der Waals surface area contributed by atoms with Gasteiger partial charge < -0.3 is 4.52 Å². The summed E-state index contributed by atoms with van der Waals surface area (Å²) in [5.41, 5.74) is 0. The van der Waals surface area contributed by atoms with E-state index in [1.165, 1.54) is 7.11 Å². The summed E-state index contributed by atoms with van der Waals surface area (Å²) in [6.45, 7) is 0. The summed E-state index contributed by atoms with van der Waals surface area (Å²) >= 11 is 0. The highest BCUT2D eigenvalue weighted by Gasteiger charge is 2.03. The zero-order chi connectivity index (χ0) is 13.9. The fraction of sp³-hybridized carbons (Fsp3) is 0.0769. The van der Waals surface area contributed by atoms with Gasteiger partial charge >= 0.3 is 8.69 Å². The minimum absolute atomic E-state index is 0.252. The Morgan fingerprint density at radius 3 is 1.89 bits per heavy atom. The molecule has 4 nitrogen and oxygen atoms in total. The smallest absolute Gasteiger partial charge is 0.327 e. The minimum Gasteiger partial charge on any atom is -0.442 e. The number of benzene rings is 2. The average molecular weight is 296 g/mol. The van der Waals surface area contributed by atoms with Crippen molar-refractivity contribution >= 4 is 22.0 Å². The third-order valence-corrected chi connectivity index (χ3v) is 3.41. The van der Waals surface area contributed by atoms with Crippen molar-refractivity contribution in [3.05, 3.63) is 60.7 Å². The van der Waals surface area contributed by atoms with Gasteiger partial charge in [0.25, 0.3) is 8.03 Å². The second kappa shape index (κ2) is 9.46. The van der Waals surface area contributed by atoms with Crippen molar-refractivity contribution in [3.8, 4) is 5.75 Å². The SMILES string of the molecule is COP=O.O=[PH](Oc1ccccc1)c1ccccc1. The van der Waals surface area contributed by atoms with Crippen LogP contribution in [0.25, 0.3) is 0 Å². The third-order valence-electron chi connectivity index (χ3n) is 2.04. The summed E-state index contributed by atoms with van der Waals surface area (Å²) < 4.78 is 30.1. The third kappa shape index (κ3) is 6.30. The van der Waals surface area contributed by atoms with E-state index >= 15 is 0 Å². The Balaban J connectivity index is 0.000000399. The lowest BCUT2D eigenvalue weighted by molar-refractivity contribution is 0.433. The normalized spacial score (nSPS) is 11.2. The van der Waals surface area contributed by atoms with Gasteiger partial charge in [-0.05, 0) is 24.3 Å². The number of hydrogen-bond donors (Lipinski definition) is 0. The van der Waals surface area contributed by atoms with Crippen LogP contribution < -0.4 is 9.83 Å². The lowest BCUT2D eigenvalue weighted by atomic mass is 10.3. The van der Waals surface area contributed by atoms with E-state index in [0.29, 0.717) is 5.75 Å². The Hall–Kier alpha value is -1.47. The van der Waals surface area contributed by atoms with Gasteiger partial charge in [0.2, 0.25) is 0 Å². The quantitative estimate of drug-likeness (QED) is 0.807. The summed E-state index contributed by atoms with van der Waals surface area (Å²) in [5, 5.41) is 0.742. The van der Waals surface area contributed by atoms with Crippen LogP contribution in [0.4, 0.5) is 0 Å². The molecule has 2 aromatic carbocycles. The molecule has 0 radical (unpaired) electrons. The van der Waals surface area contributed by atoms with Crippen molar-refractivity contribution in [3.63, 3.8) is 0 Å². The van der Waals surface area contributed by atoms with Crippen molar-refractivity contribution in [1.82, 2.24) is 0 Å². The second-order valence-electron chi connectivity index (χ2n) is 3.33. The standard InChI is InChI=1S/C12H11O2P.CH3O2P/c13-15(12-9-5-2-6-10-12)14-11-7-3-1-4-8-11;1-3-4-2/h1-10,15H;1H3. The van der Waals surface area contributed by atoms with Gasteiger partial charge in [0.1, 0.15) is 5.75 Å². The van der Waals surface area contributed by atoms with Crippen LogP contribution in [0.2, 0.25) is 0 Å². The van der Waals surface area contributed by atoms with Gasteiger partial charge in [-0.25, -0.2) is 4.57 Å². The predicted octanol–water partition coefficient (Wildman–Crippen LogP) is 3.71. The van der Waals surface area contributed by atoms with Crippen LogP contribution in [0.1, 0.15) is 0 Å². The first-order valence-corrected chi connectivity index (χ1v) is 7.50. The molecule has 0 saturated heterocycles. The van der Waals surface area contributed by atoms with Crippen molar-refractivity contribution in [2.24, 2.45) is 0 Å². The van der Waals surface area contributed by atoms with Gasteiger partial charge in [0, 0.05) is 12.4 Å². The zero-order valence-corrected chi connectivity index (χ0v) is 12.2. The fourth-order valence-electron chi connectivity index (χ4n) is 1.23. The van der Waals surface area contributed by atoms with Gasteiger partial charge in [-0.3, -0.25) is 9.09 Å². The second-order valence-corrected chi connectivity index (χ2v) is 5.20. The van der Waals surface area contributed by atoms with E-state index in [9.17, 15) is 4.57 Å². The van der Waals surface area contributed by atoms with Crippen molar-refractivity contribution < 1.29 is 18.2 Å². The van der Waals surface area contributed by atoms with Crippen LogP contribution in [-0.2, 0) is 13.7 Å². The highest BCUT2D eigenvalue weighted by Crippen LogP contribution is 2.25. The summed E-state index contributed by atoms with van der Waals surface area (Å²) in [4.78, 5) is 0. The highest BCUT2D eigenvalue weighted by atomic mass is 31.1. The molecule has 100 valence electrons. The molecule has 19 heavy (non-hydrogen) atoms. The highest BCUT2D eigenvalue weighted by molar-refractivity contribution is 7.48. The van der Waals surface area contributed by atoms with E-state index in [2.05, 4.69) is 4.52 Å². The molecule has 2 aromatic rings. The Morgan fingerprint density at radius 1 is 0.947 bits per heavy atom. The molecule has 0 heterocycles. The van der Waals surface area contributed by atoms with Gasteiger partial charge in [0.05, 0.1) is 0 Å². The molecule has 0 aliphatic carbocycles. The zero-order valence-electron chi connectivity index (χ0n) is 10.4. The van der Waals surface area contributed by atoms with Crippen LogP contribution in [0, 0.1) is 0 Å². The van der Waals surface area contributed by atoms with Gasteiger partial charge in [0.15, 0.2) is 0 Å². The summed E-state index contributed by atoms with van der Waals surface area (Å²) in [5.74, 6) is 0.644. The molecule has 2 rings (SSSR count). The predicted molar refractivity (Wildman–Crippen MR) is 76.8 cm³/mol. The maximum Gasteiger partial charge on any atom is 0.327 e. The number of hydrogen-bond acceptors (Lipinski definition) is 4. The topological polar surface area (TPSA) is 52.6 Å². The summed E-state index contributed by atoms with van der Waals surface area (Å²) in [6.07, 6.45) is 0. The summed E-state index contributed by atoms with van der Waals surface area (Å²) in [6, 6.07) is 18.4. The number of rotatable bonds is 4. The van der Waals surface area contributed by atoms with E-state index in [0.717, 1.165) is 5.30 Å². The Bertz CT molecular complexity index is 503. The molecule has 0 fully saturated rings. The molecule has 0 aliphatic heterocycles. The minimum atomic E-state index is -2.17. The first-order chi connectivity index (χ1) is 9.27. The molecule has 0 aliphatic rings. The van der Waals surface area contributed by atoms with E-state index in [4.69, 9.17) is 9.09 Å². The van der Waals surface area contributed by atoms with E-state index in [1.807, 2.05) is 48.5 Å². The first-order valence-electron chi connectivity index (χ1n) is 5.46. The van der Waals surface area contributed by atoms with Gasteiger partial charge in [-0.2, -0.15) is 0 Å². The molecule has 0 amide bonds. The molecule has 0 aromatic heterocycles.